The van der Waals surface area contributed by atoms with Gasteiger partial charge < -0.3 is 5.32 Å². The minimum absolute atomic E-state index is 0.0391. The van der Waals surface area contributed by atoms with Gasteiger partial charge in [0.1, 0.15) is 5.82 Å². The predicted octanol–water partition coefficient (Wildman–Crippen LogP) is 5.88. The van der Waals surface area contributed by atoms with Gasteiger partial charge in [0.15, 0.2) is 5.78 Å². The Morgan fingerprint density at radius 2 is 1.94 bits per heavy atom. The van der Waals surface area contributed by atoms with Crippen molar-refractivity contribution in [2.24, 2.45) is 0 Å². The molecule has 0 saturated heterocycles. The quantitative estimate of drug-likeness (QED) is 0.453. The maximum atomic E-state index is 12.9. The first-order valence-electron chi connectivity index (χ1n) is 12.2. The molecular formula is C29H31N3O2. The van der Waals surface area contributed by atoms with E-state index >= 15 is 0 Å². The monoisotopic (exact) mass is 453 g/mol. The number of Topliss-reactive ketones (excluding diaryl/α,β-unsaturated/α-hetero) is 1. The molecule has 5 nitrogen and oxygen atoms in total. The molecule has 5 heteroatoms. The molecule has 1 amide bonds. The van der Waals surface area contributed by atoms with Crippen LogP contribution >= 0.6 is 0 Å². The van der Waals surface area contributed by atoms with E-state index in [1.54, 1.807) is 6.20 Å². The van der Waals surface area contributed by atoms with Crippen molar-refractivity contribution in [3.63, 3.8) is 0 Å². The summed E-state index contributed by atoms with van der Waals surface area (Å²) >= 11 is 0. The standard InChI is InChI=1S/C29H31N3O2/c1-18-16-20(17-25(31-18)22-6-4-7-22)9-14-26(33)23-12-10-21(11-13-23)19(2)29(3)24-8-5-15-30-27(24)32-28(29)34/h5,8,10-13,15-17,19,22H,4,6-7,9,14H2,1-3H3,(H,30,32,34)/t19-,29-/m1/s1. The fourth-order valence-corrected chi connectivity index (χ4v) is 5.23. The van der Waals surface area contributed by atoms with E-state index in [1.165, 1.54) is 30.5 Å². The summed E-state index contributed by atoms with van der Waals surface area (Å²) in [5, 5.41) is 2.91. The van der Waals surface area contributed by atoms with Crippen molar-refractivity contribution in [2.75, 3.05) is 5.32 Å². The van der Waals surface area contributed by atoms with Gasteiger partial charge in [0.2, 0.25) is 5.91 Å². The van der Waals surface area contributed by atoms with Gasteiger partial charge in [0.05, 0.1) is 5.41 Å². The molecule has 3 heterocycles. The number of nitrogens with zero attached hydrogens (tertiary/aromatic N) is 2. The highest BCUT2D eigenvalue weighted by Gasteiger charge is 2.47. The van der Waals surface area contributed by atoms with Gasteiger partial charge in [-0.15, -0.1) is 0 Å². The number of hydrogen-bond acceptors (Lipinski definition) is 4. The third-order valence-electron chi connectivity index (χ3n) is 7.87. The number of benzene rings is 1. The van der Waals surface area contributed by atoms with Crippen LogP contribution < -0.4 is 5.32 Å². The van der Waals surface area contributed by atoms with Crippen LogP contribution in [0.1, 0.15) is 89.8 Å². The molecule has 2 atom stereocenters. The minimum Gasteiger partial charge on any atom is -0.310 e. The van der Waals surface area contributed by atoms with E-state index in [4.69, 9.17) is 4.98 Å². The van der Waals surface area contributed by atoms with Crippen LogP contribution in [-0.4, -0.2) is 21.7 Å². The Morgan fingerprint density at radius 3 is 2.65 bits per heavy atom. The van der Waals surface area contributed by atoms with Crippen LogP contribution in [0.2, 0.25) is 0 Å². The van der Waals surface area contributed by atoms with E-state index in [0.29, 0.717) is 23.7 Å². The third kappa shape index (κ3) is 3.93. The molecular weight excluding hydrogens is 422 g/mol. The molecule has 1 aromatic carbocycles. The summed E-state index contributed by atoms with van der Waals surface area (Å²) < 4.78 is 0. The molecule has 1 aliphatic heterocycles. The van der Waals surface area contributed by atoms with Gasteiger partial charge in [-0.1, -0.05) is 43.7 Å². The zero-order valence-corrected chi connectivity index (χ0v) is 20.1. The first-order chi connectivity index (χ1) is 16.4. The molecule has 2 aliphatic rings. The van der Waals surface area contributed by atoms with E-state index in [2.05, 4.69) is 29.4 Å². The van der Waals surface area contributed by atoms with Gasteiger partial charge in [0.25, 0.3) is 0 Å². The van der Waals surface area contributed by atoms with Crippen molar-refractivity contribution in [1.29, 1.82) is 0 Å². The smallest absolute Gasteiger partial charge is 0.236 e. The van der Waals surface area contributed by atoms with Crippen molar-refractivity contribution in [2.45, 2.75) is 70.1 Å². The van der Waals surface area contributed by atoms with E-state index in [-0.39, 0.29) is 17.6 Å². The Balaban J connectivity index is 1.28. The van der Waals surface area contributed by atoms with Crippen LogP contribution in [0.3, 0.4) is 0 Å². The zero-order chi connectivity index (χ0) is 23.9. The molecule has 3 aromatic rings. The molecule has 0 spiro atoms. The topological polar surface area (TPSA) is 72.0 Å². The van der Waals surface area contributed by atoms with Crippen molar-refractivity contribution in [3.8, 4) is 0 Å². The third-order valence-corrected chi connectivity index (χ3v) is 7.87. The molecule has 174 valence electrons. The normalized spacial score (nSPS) is 20.4. The summed E-state index contributed by atoms with van der Waals surface area (Å²) in [4.78, 5) is 34.8. The molecule has 0 radical (unpaired) electrons. The second-order valence-corrected chi connectivity index (χ2v) is 9.99. The lowest BCUT2D eigenvalue weighted by atomic mass is 9.71. The number of ketones is 1. The maximum Gasteiger partial charge on any atom is 0.236 e. The van der Waals surface area contributed by atoms with Gasteiger partial charge in [-0.05, 0) is 68.4 Å². The molecule has 1 saturated carbocycles. The van der Waals surface area contributed by atoms with Crippen LogP contribution in [0.5, 0.6) is 0 Å². The number of rotatable bonds is 7. The van der Waals surface area contributed by atoms with Crippen molar-refractivity contribution >= 4 is 17.5 Å². The fraction of sp³-hybridized carbons (Fsp3) is 0.379. The molecule has 34 heavy (non-hydrogen) atoms. The average molecular weight is 454 g/mol. The zero-order valence-electron chi connectivity index (χ0n) is 20.1. The number of nitrogens with one attached hydrogen (secondary N) is 1. The first kappa shape index (κ1) is 22.5. The maximum absolute atomic E-state index is 12.9. The molecule has 5 rings (SSSR count). The number of hydrogen-bond donors (Lipinski definition) is 1. The molecule has 0 unspecified atom stereocenters. The Hall–Kier alpha value is -3.34. The summed E-state index contributed by atoms with van der Waals surface area (Å²) in [7, 11) is 0. The summed E-state index contributed by atoms with van der Waals surface area (Å²) in [6.07, 6.45) is 6.63. The lowest BCUT2D eigenvalue weighted by Crippen LogP contribution is -2.36. The lowest BCUT2D eigenvalue weighted by Gasteiger charge is -2.30. The number of pyridine rings is 2. The van der Waals surface area contributed by atoms with Gasteiger partial charge in [-0.25, -0.2) is 4.98 Å². The lowest BCUT2D eigenvalue weighted by molar-refractivity contribution is -0.120. The van der Waals surface area contributed by atoms with Gasteiger partial charge in [-0.2, -0.15) is 0 Å². The second-order valence-electron chi connectivity index (χ2n) is 9.99. The number of anilines is 1. The van der Waals surface area contributed by atoms with Gasteiger partial charge in [-0.3, -0.25) is 14.6 Å². The Bertz CT molecular complexity index is 1250. The largest absolute Gasteiger partial charge is 0.310 e. The van der Waals surface area contributed by atoms with Crippen LogP contribution in [0.15, 0.2) is 54.7 Å². The van der Waals surface area contributed by atoms with Crippen molar-refractivity contribution in [1.82, 2.24) is 9.97 Å². The number of carbonyl (C=O) groups is 2. The highest BCUT2D eigenvalue weighted by molar-refractivity contribution is 6.05. The summed E-state index contributed by atoms with van der Waals surface area (Å²) in [6.45, 7) is 6.06. The number of aromatic nitrogens is 2. The summed E-state index contributed by atoms with van der Waals surface area (Å²) in [6, 6.07) is 15.9. The molecule has 0 bridgehead atoms. The minimum atomic E-state index is -0.702. The number of aryl methyl sites for hydroxylation is 2. The molecule has 1 aliphatic carbocycles. The number of fused-ring (bicyclic) bond motifs is 1. The van der Waals surface area contributed by atoms with Crippen LogP contribution in [0.25, 0.3) is 0 Å². The predicted molar refractivity (Wildman–Crippen MR) is 133 cm³/mol. The molecule has 1 fully saturated rings. The van der Waals surface area contributed by atoms with Crippen LogP contribution in [-0.2, 0) is 16.6 Å². The number of amides is 1. The van der Waals surface area contributed by atoms with Gasteiger partial charge >= 0.3 is 0 Å². The average Bonchev–Trinajstić information content (AvgIpc) is 3.06. The van der Waals surface area contributed by atoms with Gasteiger partial charge in [0, 0.05) is 41.1 Å². The van der Waals surface area contributed by atoms with E-state index < -0.39 is 5.41 Å². The van der Waals surface area contributed by atoms with Crippen LogP contribution in [0, 0.1) is 6.92 Å². The Kier molecular flexibility index (Phi) is 5.80. The second kappa shape index (κ2) is 8.79. The number of carbonyl (C=O) groups excluding carboxylic acids is 2. The molecule has 1 N–H and O–H groups in total. The highest BCUT2D eigenvalue weighted by Crippen LogP contribution is 2.46. The Labute approximate surface area is 201 Å². The Morgan fingerprint density at radius 1 is 1.18 bits per heavy atom. The van der Waals surface area contributed by atoms with Crippen molar-refractivity contribution in [3.05, 3.63) is 88.4 Å². The van der Waals surface area contributed by atoms with E-state index in [1.807, 2.05) is 50.2 Å². The summed E-state index contributed by atoms with van der Waals surface area (Å²) in [5.74, 6) is 1.27. The molecule has 2 aromatic heterocycles. The van der Waals surface area contributed by atoms with Crippen LogP contribution in [0.4, 0.5) is 5.82 Å². The fourth-order valence-electron chi connectivity index (χ4n) is 5.23. The van der Waals surface area contributed by atoms with E-state index in [9.17, 15) is 9.59 Å². The SMILES string of the molecule is Cc1cc(CCC(=O)c2ccc([C@@H](C)[C@@]3(C)C(=O)Nc4ncccc43)cc2)cc(C2CCC2)n1. The highest BCUT2D eigenvalue weighted by atomic mass is 16.2. The first-order valence-corrected chi connectivity index (χ1v) is 12.2. The summed E-state index contributed by atoms with van der Waals surface area (Å²) in [5.41, 5.74) is 5.37. The van der Waals surface area contributed by atoms with Crippen molar-refractivity contribution < 1.29 is 9.59 Å². The van der Waals surface area contributed by atoms with E-state index in [0.717, 1.165) is 23.2 Å².